The Hall–Kier alpha value is -1.40. The molecule has 6 heteroatoms. The van der Waals surface area contributed by atoms with Gasteiger partial charge in [0.15, 0.2) is 5.92 Å². The summed E-state index contributed by atoms with van der Waals surface area (Å²) in [7, 11) is 0. The third-order valence-corrected chi connectivity index (χ3v) is 7.56. The molecule has 1 aromatic rings. The van der Waals surface area contributed by atoms with Crippen LogP contribution in [0.2, 0.25) is 0 Å². The van der Waals surface area contributed by atoms with E-state index in [0.29, 0.717) is 0 Å². The van der Waals surface area contributed by atoms with Gasteiger partial charge in [0.25, 0.3) is 0 Å². The number of carbonyl (C=O) groups excluding carboxylic acids is 2. The molecule has 2 aliphatic rings. The molecular formula is C21H26O4S2. The topological polar surface area (TPSA) is 52.6 Å². The van der Waals surface area contributed by atoms with E-state index >= 15 is 0 Å². The molecule has 1 heterocycles. The first-order valence-electron chi connectivity index (χ1n) is 9.33. The van der Waals surface area contributed by atoms with Gasteiger partial charge in [-0.15, -0.1) is 23.5 Å². The molecule has 146 valence electrons. The Bertz CT molecular complexity index is 713. The van der Waals surface area contributed by atoms with E-state index in [-0.39, 0.29) is 22.7 Å². The van der Waals surface area contributed by atoms with Crippen LogP contribution in [0.3, 0.4) is 0 Å². The highest BCUT2D eigenvalue weighted by atomic mass is 32.2. The number of ether oxygens (including phenoxy) is 2. The molecule has 1 aliphatic heterocycles. The van der Waals surface area contributed by atoms with Crippen molar-refractivity contribution in [3.63, 3.8) is 0 Å². The summed E-state index contributed by atoms with van der Waals surface area (Å²) in [6, 6.07) is 7.98. The van der Waals surface area contributed by atoms with Crippen LogP contribution in [0.5, 0.6) is 0 Å². The molecule has 3 rings (SSSR count). The van der Waals surface area contributed by atoms with Crippen molar-refractivity contribution in [3.05, 3.63) is 41.0 Å². The number of hydrogen-bond acceptors (Lipinski definition) is 6. The summed E-state index contributed by atoms with van der Waals surface area (Å²) in [5.74, 6) is -0.165. The van der Waals surface area contributed by atoms with Gasteiger partial charge in [0, 0.05) is 17.4 Å². The highest BCUT2D eigenvalue weighted by Gasteiger charge is 2.46. The summed E-state index contributed by atoms with van der Waals surface area (Å²) in [6.45, 7) is 7.19. The van der Waals surface area contributed by atoms with E-state index in [2.05, 4.69) is 6.08 Å². The van der Waals surface area contributed by atoms with Gasteiger partial charge < -0.3 is 9.47 Å². The van der Waals surface area contributed by atoms with Gasteiger partial charge in [0.2, 0.25) is 0 Å². The van der Waals surface area contributed by atoms with Crippen LogP contribution in [0.4, 0.5) is 0 Å². The Morgan fingerprint density at radius 3 is 2.07 bits per heavy atom. The van der Waals surface area contributed by atoms with Gasteiger partial charge in [-0.05, 0) is 44.4 Å². The molecule has 1 aliphatic carbocycles. The normalized spacial score (nSPS) is 19.5. The second-order valence-corrected chi connectivity index (χ2v) is 10.00. The van der Waals surface area contributed by atoms with Gasteiger partial charge in [-0.3, -0.25) is 9.59 Å². The largest absolute Gasteiger partial charge is 0.462 e. The van der Waals surface area contributed by atoms with E-state index in [1.807, 2.05) is 47.8 Å². The minimum Gasteiger partial charge on any atom is -0.462 e. The number of hydrogen-bond donors (Lipinski definition) is 0. The minimum absolute atomic E-state index is 0.253. The Kier molecular flexibility index (Phi) is 6.58. The number of carbonyl (C=O) groups is 2. The third-order valence-electron chi connectivity index (χ3n) is 4.45. The van der Waals surface area contributed by atoms with E-state index < -0.39 is 17.9 Å². The molecule has 0 amide bonds. The van der Waals surface area contributed by atoms with Crippen molar-refractivity contribution in [3.8, 4) is 0 Å². The van der Waals surface area contributed by atoms with Crippen LogP contribution in [0.25, 0.3) is 6.08 Å². The smallest absolute Gasteiger partial charge is 0.321 e. The van der Waals surface area contributed by atoms with Gasteiger partial charge >= 0.3 is 11.9 Å². The van der Waals surface area contributed by atoms with Crippen LogP contribution in [-0.2, 0) is 19.1 Å². The van der Waals surface area contributed by atoms with Gasteiger partial charge in [0.1, 0.15) is 0 Å². The zero-order valence-corrected chi connectivity index (χ0v) is 17.8. The molecule has 4 nitrogen and oxygen atoms in total. The van der Waals surface area contributed by atoms with Crippen LogP contribution in [0.15, 0.2) is 29.8 Å². The molecule has 0 aromatic heterocycles. The molecule has 0 spiro atoms. The quantitative estimate of drug-likeness (QED) is 0.512. The van der Waals surface area contributed by atoms with Crippen molar-refractivity contribution in [2.45, 2.75) is 50.4 Å². The van der Waals surface area contributed by atoms with Crippen molar-refractivity contribution < 1.29 is 19.1 Å². The average Bonchev–Trinajstić information content (AvgIpc) is 3.21. The standard InChI is InChI=1S/C21H26O4S2/c1-12(2)24-19(22)18(20(23)25-13(3)4)17-15-8-6-5-7-14(15)11-16(17)21-26-9-10-27-21/h5-8,11-13,17-18,21H,9-10H2,1-4H3. The SMILES string of the molecule is CC(C)OC(=O)C(C(=O)OC(C)C)C1C(C2SCCS2)=Cc2ccccc21. The van der Waals surface area contributed by atoms with E-state index in [1.165, 1.54) is 0 Å². The van der Waals surface area contributed by atoms with Crippen molar-refractivity contribution >= 4 is 41.5 Å². The lowest BCUT2D eigenvalue weighted by molar-refractivity contribution is -0.167. The lowest BCUT2D eigenvalue weighted by Gasteiger charge is -2.28. The maximum absolute atomic E-state index is 13.0. The van der Waals surface area contributed by atoms with Crippen molar-refractivity contribution in [1.29, 1.82) is 0 Å². The van der Waals surface area contributed by atoms with E-state index in [1.54, 1.807) is 27.7 Å². The van der Waals surface area contributed by atoms with Crippen LogP contribution >= 0.6 is 23.5 Å². The van der Waals surface area contributed by atoms with Crippen LogP contribution in [0, 0.1) is 5.92 Å². The molecule has 0 radical (unpaired) electrons. The monoisotopic (exact) mass is 406 g/mol. The number of rotatable bonds is 6. The highest BCUT2D eigenvalue weighted by Crippen LogP contribution is 2.51. The third kappa shape index (κ3) is 4.54. The zero-order valence-electron chi connectivity index (χ0n) is 16.1. The minimum atomic E-state index is -0.980. The Morgan fingerprint density at radius 2 is 1.52 bits per heavy atom. The van der Waals surface area contributed by atoms with Crippen molar-refractivity contribution in [1.82, 2.24) is 0 Å². The molecule has 0 saturated carbocycles. The van der Waals surface area contributed by atoms with Crippen molar-refractivity contribution in [2.75, 3.05) is 11.5 Å². The molecule has 1 unspecified atom stereocenters. The first-order chi connectivity index (χ1) is 12.9. The fraction of sp³-hybridized carbons (Fsp3) is 0.524. The molecule has 27 heavy (non-hydrogen) atoms. The Labute approximate surface area is 169 Å². The summed E-state index contributed by atoms with van der Waals surface area (Å²) in [5.41, 5.74) is 3.20. The molecule has 1 atom stereocenters. The molecule has 0 bridgehead atoms. The molecule has 1 aromatic carbocycles. The number of thioether (sulfide) groups is 2. The zero-order chi connectivity index (χ0) is 19.6. The Balaban J connectivity index is 2.02. The second-order valence-electron chi connectivity index (χ2n) is 7.27. The van der Waals surface area contributed by atoms with Gasteiger partial charge in [-0.2, -0.15) is 0 Å². The van der Waals surface area contributed by atoms with Gasteiger partial charge in [-0.25, -0.2) is 0 Å². The van der Waals surface area contributed by atoms with Crippen molar-refractivity contribution in [2.24, 2.45) is 5.92 Å². The molecule has 0 N–H and O–H groups in total. The second kappa shape index (κ2) is 8.74. The van der Waals surface area contributed by atoms with Crippen LogP contribution in [-0.4, -0.2) is 40.2 Å². The van der Waals surface area contributed by atoms with Gasteiger partial charge in [-0.1, -0.05) is 30.3 Å². The van der Waals surface area contributed by atoms with Crippen LogP contribution in [0.1, 0.15) is 44.7 Å². The highest BCUT2D eigenvalue weighted by molar-refractivity contribution is 8.20. The molecular weight excluding hydrogens is 380 g/mol. The maximum Gasteiger partial charge on any atom is 0.321 e. The van der Waals surface area contributed by atoms with E-state index in [9.17, 15) is 9.59 Å². The predicted octanol–water partition coefficient (Wildman–Crippen LogP) is 4.49. The number of benzene rings is 1. The lowest BCUT2D eigenvalue weighted by atomic mass is 9.83. The summed E-state index contributed by atoms with van der Waals surface area (Å²) in [6.07, 6.45) is 1.58. The van der Waals surface area contributed by atoms with E-state index in [4.69, 9.17) is 9.47 Å². The fourth-order valence-corrected chi connectivity index (χ4v) is 6.47. The summed E-state index contributed by atoms with van der Waals surface area (Å²) >= 11 is 3.75. The lowest BCUT2D eigenvalue weighted by Crippen LogP contribution is -2.36. The number of fused-ring (bicyclic) bond motifs is 1. The predicted molar refractivity (Wildman–Crippen MR) is 112 cm³/mol. The van der Waals surface area contributed by atoms with E-state index in [0.717, 1.165) is 28.2 Å². The summed E-state index contributed by atoms with van der Waals surface area (Å²) in [5, 5.41) is 0. The number of esters is 2. The Morgan fingerprint density at radius 1 is 0.963 bits per heavy atom. The summed E-state index contributed by atoms with van der Waals surface area (Å²) < 4.78 is 11.2. The maximum atomic E-state index is 13.0. The summed E-state index contributed by atoms with van der Waals surface area (Å²) in [4.78, 5) is 25.9. The molecule has 1 saturated heterocycles. The fourth-order valence-electron chi connectivity index (χ4n) is 3.49. The first-order valence-corrected chi connectivity index (χ1v) is 11.4. The molecule has 1 fully saturated rings. The average molecular weight is 407 g/mol. The first kappa shape index (κ1) is 20.3. The van der Waals surface area contributed by atoms with Crippen LogP contribution < -0.4 is 0 Å². The van der Waals surface area contributed by atoms with Gasteiger partial charge in [0.05, 0.1) is 16.8 Å².